The van der Waals surface area contributed by atoms with Crippen LogP contribution in [0.15, 0.2) is 41.2 Å². The monoisotopic (exact) mass is 986 g/mol. The molecule has 7 heteroatoms. The van der Waals surface area contributed by atoms with E-state index in [-0.39, 0.29) is 5.56 Å². The molecule has 0 fully saturated rings. The van der Waals surface area contributed by atoms with E-state index in [0.717, 1.165) is 30.3 Å². The highest BCUT2D eigenvalue weighted by Crippen LogP contribution is 2.48. The van der Waals surface area contributed by atoms with E-state index in [4.69, 9.17) is 0 Å². The van der Waals surface area contributed by atoms with Gasteiger partial charge in [0, 0.05) is 45.6 Å². The Bertz CT molecular complexity index is 2320. The molecule has 66 heavy (non-hydrogen) atoms. The predicted molar refractivity (Wildman–Crippen MR) is 304 cm³/mol. The Morgan fingerprint density at radius 3 is 1.33 bits per heavy atom. The van der Waals surface area contributed by atoms with Crippen LogP contribution in [0.1, 0.15) is 234 Å². The Hall–Kier alpha value is -2.03. The minimum Gasteiger partial charge on any atom is -0.307 e. The summed E-state index contributed by atoms with van der Waals surface area (Å²) < 4.78 is 4.62. The van der Waals surface area contributed by atoms with Crippen molar-refractivity contribution in [3.05, 3.63) is 67.6 Å². The quantitative estimate of drug-likeness (QED) is 0.0360. The van der Waals surface area contributed by atoms with Gasteiger partial charge in [-0.3, -0.25) is 4.79 Å². The molecule has 0 saturated carbocycles. The summed E-state index contributed by atoms with van der Waals surface area (Å²) in [6, 6.07) is 14.4. The minimum absolute atomic E-state index is 0.207. The van der Waals surface area contributed by atoms with Gasteiger partial charge >= 0.3 is 0 Å². The molecule has 0 unspecified atom stereocenters. The predicted octanol–water partition coefficient (Wildman–Crippen LogP) is 21.9. The third kappa shape index (κ3) is 16.3. The van der Waals surface area contributed by atoms with E-state index in [2.05, 4.69) is 75.6 Å². The van der Waals surface area contributed by atoms with Gasteiger partial charge in [-0.15, -0.1) is 56.7 Å². The fourth-order valence-electron chi connectivity index (χ4n) is 10.0. The zero-order valence-corrected chi connectivity index (χ0v) is 46.3. The number of fused-ring (bicyclic) bond motifs is 3. The standard InChI is InChI=1S/C59H87NOS5/c1-6-9-12-15-18-21-24-27-30-33-36-47-41-45(4)62-55(47)51-38-39-52(64-51)56-48(37-34-31-28-25-22-19-16-13-10-7-2)43-53(65-56)54-44-49-57(66-54)58-50(42-46(5)63-58)60(59(49)61)40-35-32-29-26-23-20-17-14-11-8-3/h38-39,41-44H,6-37,40H2,1-5H3. The van der Waals surface area contributed by atoms with Crippen LogP contribution < -0.4 is 5.56 Å². The largest absolute Gasteiger partial charge is 0.307 e. The molecular formula is C59H87NOS5. The molecule has 0 aliphatic heterocycles. The number of hydrogen-bond donors (Lipinski definition) is 0. The van der Waals surface area contributed by atoms with Crippen molar-refractivity contribution in [1.29, 1.82) is 0 Å². The summed E-state index contributed by atoms with van der Waals surface area (Å²) in [7, 11) is 0. The van der Waals surface area contributed by atoms with Crippen LogP contribution in [0.2, 0.25) is 0 Å². The van der Waals surface area contributed by atoms with Gasteiger partial charge < -0.3 is 4.57 Å². The molecule has 0 aliphatic carbocycles. The lowest BCUT2D eigenvalue weighted by Crippen LogP contribution is -2.19. The second-order valence-corrected chi connectivity index (χ2v) is 25.5. The molecule has 0 aliphatic rings. The Balaban J connectivity index is 1.16. The summed E-state index contributed by atoms with van der Waals surface area (Å²) in [6.07, 6.45) is 42.9. The molecule has 6 rings (SSSR count). The molecule has 0 saturated heterocycles. The molecule has 0 radical (unpaired) electrons. The normalized spacial score (nSPS) is 12.0. The first-order valence-electron chi connectivity index (χ1n) is 27.3. The molecule has 2 nitrogen and oxygen atoms in total. The number of hydrogen-bond acceptors (Lipinski definition) is 6. The lowest BCUT2D eigenvalue weighted by molar-refractivity contribution is 0.536. The van der Waals surface area contributed by atoms with Crippen LogP contribution in [0.25, 0.3) is 49.6 Å². The van der Waals surface area contributed by atoms with Crippen molar-refractivity contribution in [3.63, 3.8) is 0 Å². The summed E-state index contributed by atoms with van der Waals surface area (Å²) in [5, 5.41) is 0.920. The molecule has 0 amide bonds. The number of rotatable bonds is 36. The van der Waals surface area contributed by atoms with E-state index in [9.17, 15) is 4.79 Å². The van der Waals surface area contributed by atoms with Crippen LogP contribution in [0.3, 0.4) is 0 Å². The van der Waals surface area contributed by atoms with E-state index in [1.807, 2.05) is 56.7 Å². The van der Waals surface area contributed by atoms with E-state index in [0.29, 0.717) is 0 Å². The smallest absolute Gasteiger partial charge is 0.259 e. The van der Waals surface area contributed by atoms with Crippen LogP contribution >= 0.6 is 56.7 Å². The third-order valence-corrected chi connectivity index (χ3v) is 20.2. The molecule has 0 spiro atoms. The topological polar surface area (TPSA) is 22.0 Å². The van der Waals surface area contributed by atoms with Gasteiger partial charge in [-0.25, -0.2) is 0 Å². The fourth-order valence-corrected chi connectivity index (χ4v) is 16.0. The second kappa shape index (κ2) is 29.9. The van der Waals surface area contributed by atoms with Crippen LogP contribution in [-0.4, -0.2) is 4.57 Å². The SMILES string of the molecule is CCCCCCCCCCCCc1cc(C)sc1-c1ccc(-c2sc(-c3cc4c(=O)n(CCCCCCCCCCCC)c5cc(C)sc5c4s3)cc2CCCCCCCCCCCC)s1. The minimum atomic E-state index is 0.207. The highest BCUT2D eigenvalue weighted by molar-refractivity contribution is 7.32. The van der Waals surface area contributed by atoms with Gasteiger partial charge in [-0.1, -0.05) is 194 Å². The number of nitrogens with zero attached hydrogens (tertiary/aromatic N) is 1. The van der Waals surface area contributed by atoms with Gasteiger partial charge in [0.1, 0.15) is 0 Å². The lowest BCUT2D eigenvalue weighted by Gasteiger charge is -2.09. The van der Waals surface area contributed by atoms with Gasteiger partial charge in [-0.2, -0.15) is 0 Å². The van der Waals surface area contributed by atoms with E-state index < -0.39 is 0 Å². The number of thiophene rings is 5. The highest BCUT2D eigenvalue weighted by atomic mass is 32.1. The van der Waals surface area contributed by atoms with Crippen molar-refractivity contribution in [1.82, 2.24) is 4.57 Å². The Morgan fingerprint density at radius 2 is 0.818 bits per heavy atom. The molecular weight excluding hydrogens is 899 g/mol. The summed E-state index contributed by atoms with van der Waals surface area (Å²) in [5.74, 6) is 0. The van der Waals surface area contributed by atoms with Gasteiger partial charge in [-0.05, 0) is 93.5 Å². The fraction of sp³-hybridized carbons (Fsp3) is 0.644. The molecule has 364 valence electrons. The molecule has 6 heterocycles. The van der Waals surface area contributed by atoms with Crippen LogP contribution in [0, 0.1) is 13.8 Å². The summed E-state index contributed by atoms with van der Waals surface area (Å²) >= 11 is 9.71. The number of aryl methyl sites for hydroxylation is 5. The first-order valence-corrected chi connectivity index (χ1v) is 31.4. The maximum Gasteiger partial charge on any atom is 0.259 e. The van der Waals surface area contributed by atoms with Gasteiger partial charge in [0.15, 0.2) is 0 Å². The van der Waals surface area contributed by atoms with Gasteiger partial charge in [0.05, 0.1) is 20.3 Å². The van der Waals surface area contributed by atoms with Crippen molar-refractivity contribution in [3.8, 4) is 29.3 Å². The Kier molecular flexibility index (Phi) is 24.1. The first-order chi connectivity index (χ1) is 32.4. The van der Waals surface area contributed by atoms with Crippen molar-refractivity contribution >= 4 is 77.0 Å². The molecule has 6 aromatic rings. The Morgan fingerprint density at radius 1 is 0.394 bits per heavy atom. The average Bonchev–Trinajstić information content (AvgIpc) is 4.17. The molecule has 6 aromatic heterocycles. The number of pyridine rings is 1. The van der Waals surface area contributed by atoms with Gasteiger partial charge in [0.25, 0.3) is 5.56 Å². The third-order valence-electron chi connectivity index (χ3n) is 13.9. The molecule has 0 N–H and O–H groups in total. The van der Waals surface area contributed by atoms with Crippen LogP contribution in [0.4, 0.5) is 0 Å². The maximum absolute atomic E-state index is 14.4. The Labute approximate surface area is 422 Å². The van der Waals surface area contributed by atoms with E-state index in [1.165, 1.54) is 247 Å². The zero-order valence-electron chi connectivity index (χ0n) is 42.2. The molecule has 0 bridgehead atoms. The van der Waals surface area contributed by atoms with Gasteiger partial charge in [0.2, 0.25) is 0 Å². The second-order valence-electron chi connectivity index (χ2n) is 19.8. The average molecular weight is 987 g/mol. The van der Waals surface area contributed by atoms with Crippen molar-refractivity contribution in [2.75, 3.05) is 0 Å². The first kappa shape index (κ1) is 53.3. The van der Waals surface area contributed by atoms with E-state index in [1.54, 1.807) is 5.56 Å². The van der Waals surface area contributed by atoms with Crippen molar-refractivity contribution < 1.29 is 0 Å². The highest BCUT2D eigenvalue weighted by Gasteiger charge is 2.21. The van der Waals surface area contributed by atoms with E-state index >= 15 is 0 Å². The van der Waals surface area contributed by atoms with Crippen molar-refractivity contribution in [2.24, 2.45) is 0 Å². The lowest BCUT2D eigenvalue weighted by atomic mass is 10.0. The number of unbranched alkanes of at least 4 members (excludes halogenated alkanes) is 27. The summed E-state index contributed by atoms with van der Waals surface area (Å²) in [4.78, 5) is 25.5. The molecule has 0 aromatic carbocycles. The summed E-state index contributed by atoms with van der Waals surface area (Å²) in [6.45, 7) is 12.2. The maximum atomic E-state index is 14.4. The van der Waals surface area contributed by atoms with Crippen molar-refractivity contribution in [2.45, 2.75) is 247 Å². The summed E-state index contributed by atoms with van der Waals surface area (Å²) in [5.41, 5.74) is 4.42. The number of aromatic nitrogens is 1. The van der Waals surface area contributed by atoms with Crippen LogP contribution in [0.5, 0.6) is 0 Å². The zero-order chi connectivity index (χ0) is 46.4. The molecule has 0 atom stereocenters. The van der Waals surface area contributed by atoms with Crippen LogP contribution in [-0.2, 0) is 19.4 Å².